The van der Waals surface area contributed by atoms with E-state index < -0.39 is 41.5 Å². The molecule has 0 spiro atoms. The molecule has 2 N–H and O–H groups in total. The van der Waals surface area contributed by atoms with E-state index in [-0.39, 0.29) is 11.6 Å². The van der Waals surface area contributed by atoms with Crippen LogP contribution in [0, 0.1) is 0 Å². The van der Waals surface area contributed by atoms with Gasteiger partial charge in [-0.25, -0.2) is 4.79 Å². The number of hydrogen-bond donors (Lipinski definition) is 2. The van der Waals surface area contributed by atoms with Gasteiger partial charge in [0.25, 0.3) is 0 Å². The van der Waals surface area contributed by atoms with Crippen molar-refractivity contribution < 1.29 is 36.2 Å². The molecule has 1 aromatic rings. The Morgan fingerprint density at radius 1 is 1.00 bits per heavy atom. The first-order valence-corrected chi connectivity index (χ1v) is 6.11. The summed E-state index contributed by atoms with van der Waals surface area (Å²) in [5.74, 6) is -0.875. The average molecular weight is 329 g/mol. The number of amides is 1. The van der Waals surface area contributed by atoms with Crippen LogP contribution in [-0.4, -0.2) is 17.2 Å². The van der Waals surface area contributed by atoms with Crippen molar-refractivity contribution in [3.8, 4) is 0 Å². The van der Waals surface area contributed by atoms with Gasteiger partial charge in [0, 0.05) is 12.0 Å². The molecule has 124 valence electrons. The maximum Gasteiger partial charge on any atom is 0.416 e. The highest BCUT2D eigenvalue weighted by atomic mass is 19.4. The van der Waals surface area contributed by atoms with E-state index >= 15 is 0 Å². The first-order chi connectivity index (χ1) is 9.82. The SMILES string of the molecule is C[C@H](NC(=O)O)[C@H](C)c1cc(C(F)(F)F)cc(C(F)(F)F)c1. The fraction of sp³-hybridized carbons (Fsp3) is 0.462. The maximum atomic E-state index is 12.7. The van der Waals surface area contributed by atoms with Gasteiger partial charge >= 0.3 is 18.4 Å². The summed E-state index contributed by atoms with van der Waals surface area (Å²) in [4.78, 5) is 10.5. The Kier molecular flexibility index (Phi) is 4.99. The van der Waals surface area contributed by atoms with Crippen LogP contribution in [0.25, 0.3) is 0 Å². The number of halogens is 6. The van der Waals surface area contributed by atoms with E-state index in [0.717, 1.165) is 0 Å². The van der Waals surface area contributed by atoms with Crippen LogP contribution in [0.15, 0.2) is 18.2 Å². The number of rotatable bonds is 3. The number of nitrogens with one attached hydrogen (secondary N) is 1. The predicted molar refractivity (Wildman–Crippen MR) is 65.5 cm³/mol. The highest BCUT2D eigenvalue weighted by Crippen LogP contribution is 2.38. The second kappa shape index (κ2) is 6.05. The van der Waals surface area contributed by atoms with Gasteiger partial charge in [-0.1, -0.05) is 6.92 Å². The van der Waals surface area contributed by atoms with Crippen molar-refractivity contribution in [2.75, 3.05) is 0 Å². The van der Waals surface area contributed by atoms with Gasteiger partial charge in [0.2, 0.25) is 0 Å². The lowest BCUT2D eigenvalue weighted by Gasteiger charge is -2.22. The molecule has 0 bridgehead atoms. The summed E-state index contributed by atoms with van der Waals surface area (Å²) >= 11 is 0. The largest absolute Gasteiger partial charge is 0.465 e. The highest BCUT2D eigenvalue weighted by molar-refractivity contribution is 5.65. The lowest BCUT2D eigenvalue weighted by molar-refractivity contribution is -0.143. The van der Waals surface area contributed by atoms with Crippen molar-refractivity contribution in [3.05, 3.63) is 34.9 Å². The van der Waals surface area contributed by atoms with E-state index in [1.807, 2.05) is 5.32 Å². The van der Waals surface area contributed by atoms with E-state index in [2.05, 4.69) is 0 Å². The summed E-state index contributed by atoms with van der Waals surface area (Å²) in [5, 5.41) is 10.6. The molecule has 1 rings (SSSR count). The van der Waals surface area contributed by atoms with E-state index in [1.54, 1.807) is 0 Å². The average Bonchev–Trinajstić information content (AvgIpc) is 2.34. The van der Waals surface area contributed by atoms with Gasteiger partial charge in [-0.05, 0) is 30.7 Å². The number of benzene rings is 1. The monoisotopic (exact) mass is 329 g/mol. The first kappa shape index (κ1) is 18.1. The fourth-order valence-corrected chi connectivity index (χ4v) is 1.85. The van der Waals surface area contributed by atoms with Crippen molar-refractivity contribution in [2.45, 2.75) is 38.2 Å². The van der Waals surface area contributed by atoms with E-state index in [4.69, 9.17) is 5.11 Å². The molecule has 0 saturated heterocycles. The standard InChI is InChI=1S/C13H13F6NO2/c1-6(7(2)20-11(21)22)8-3-9(12(14,15)16)5-10(4-8)13(17,18)19/h3-7,20H,1-2H3,(H,21,22)/t6-,7-/m0/s1. The molecular weight excluding hydrogens is 316 g/mol. The minimum absolute atomic E-state index is 0.0332. The van der Waals surface area contributed by atoms with Crippen LogP contribution in [-0.2, 0) is 12.4 Å². The van der Waals surface area contributed by atoms with E-state index in [0.29, 0.717) is 12.1 Å². The molecule has 0 radical (unpaired) electrons. The minimum atomic E-state index is -4.93. The molecule has 0 heterocycles. The molecule has 2 atom stereocenters. The lowest BCUT2D eigenvalue weighted by atomic mass is 9.91. The Labute approximate surface area is 121 Å². The quantitative estimate of drug-likeness (QED) is 0.803. The highest BCUT2D eigenvalue weighted by Gasteiger charge is 2.37. The smallest absolute Gasteiger partial charge is 0.416 e. The van der Waals surface area contributed by atoms with Crippen molar-refractivity contribution in [3.63, 3.8) is 0 Å². The summed E-state index contributed by atoms with van der Waals surface area (Å²) in [6, 6.07) is 0.368. The van der Waals surface area contributed by atoms with Crippen molar-refractivity contribution in [1.29, 1.82) is 0 Å². The molecule has 0 fully saturated rings. The van der Waals surface area contributed by atoms with Crippen molar-refractivity contribution in [2.24, 2.45) is 0 Å². The maximum absolute atomic E-state index is 12.7. The molecule has 1 aromatic carbocycles. The molecule has 0 unspecified atom stereocenters. The number of carboxylic acid groups (broad SMARTS) is 1. The van der Waals surface area contributed by atoms with Crippen LogP contribution in [0.1, 0.15) is 36.5 Å². The van der Waals surface area contributed by atoms with Gasteiger partial charge in [0.1, 0.15) is 0 Å². The third kappa shape index (κ3) is 4.54. The van der Waals surface area contributed by atoms with Gasteiger partial charge in [0.05, 0.1) is 11.1 Å². The third-order valence-corrected chi connectivity index (χ3v) is 3.24. The molecule has 3 nitrogen and oxygen atoms in total. The second-order valence-corrected chi connectivity index (χ2v) is 4.87. The zero-order valence-electron chi connectivity index (χ0n) is 11.5. The number of hydrogen-bond acceptors (Lipinski definition) is 1. The molecule has 1 amide bonds. The summed E-state index contributed by atoms with van der Waals surface area (Å²) in [5.41, 5.74) is -3.10. The van der Waals surface area contributed by atoms with Gasteiger partial charge < -0.3 is 10.4 Å². The van der Waals surface area contributed by atoms with Crippen LogP contribution < -0.4 is 5.32 Å². The Bertz CT molecular complexity index is 520. The summed E-state index contributed by atoms with van der Waals surface area (Å²) < 4.78 is 76.4. The normalized spacial score (nSPS) is 15.3. The molecular formula is C13H13F6NO2. The topological polar surface area (TPSA) is 49.3 Å². The Balaban J connectivity index is 3.32. The summed E-state index contributed by atoms with van der Waals surface area (Å²) in [7, 11) is 0. The van der Waals surface area contributed by atoms with Crippen LogP contribution in [0.4, 0.5) is 31.1 Å². The zero-order valence-corrected chi connectivity index (χ0v) is 11.5. The molecule has 0 aliphatic carbocycles. The first-order valence-electron chi connectivity index (χ1n) is 6.11. The van der Waals surface area contributed by atoms with E-state index in [1.165, 1.54) is 13.8 Å². The Hall–Kier alpha value is -1.93. The van der Waals surface area contributed by atoms with Crippen molar-refractivity contribution >= 4 is 6.09 Å². The predicted octanol–water partition coefficient (Wildman–Crippen LogP) is 4.48. The summed E-state index contributed by atoms with van der Waals surface area (Å²) in [6.07, 6.45) is -11.3. The Morgan fingerprint density at radius 3 is 1.73 bits per heavy atom. The molecule has 22 heavy (non-hydrogen) atoms. The van der Waals surface area contributed by atoms with Crippen LogP contribution in [0.5, 0.6) is 0 Å². The zero-order chi connectivity index (χ0) is 17.3. The second-order valence-electron chi connectivity index (χ2n) is 4.87. The third-order valence-electron chi connectivity index (χ3n) is 3.24. The van der Waals surface area contributed by atoms with Crippen LogP contribution in [0.3, 0.4) is 0 Å². The van der Waals surface area contributed by atoms with Gasteiger partial charge in [-0.3, -0.25) is 0 Å². The van der Waals surface area contributed by atoms with Gasteiger partial charge in [-0.15, -0.1) is 0 Å². The van der Waals surface area contributed by atoms with Crippen molar-refractivity contribution in [1.82, 2.24) is 5.32 Å². The lowest BCUT2D eigenvalue weighted by Crippen LogP contribution is -2.35. The summed E-state index contributed by atoms with van der Waals surface area (Å²) in [6.45, 7) is 2.70. The number of alkyl halides is 6. The molecule has 0 aliphatic heterocycles. The van der Waals surface area contributed by atoms with Crippen LogP contribution >= 0.6 is 0 Å². The fourth-order valence-electron chi connectivity index (χ4n) is 1.85. The molecule has 9 heteroatoms. The molecule has 0 aromatic heterocycles. The Morgan fingerprint density at radius 2 is 1.41 bits per heavy atom. The van der Waals surface area contributed by atoms with Gasteiger partial charge in [0.15, 0.2) is 0 Å². The van der Waals surface area contributed by atoms with E-state index in [9.17, 15) is 31.1 Å². The van der Waals surface area contributed by atoms with Gasteiger partial charge in [-0.2, -0.15) is 26.3 Å². The molecule has 0 aliphatic rings. The molecule has 0 saturated carbocycles. The van der Waals surface area contributed by atoms with Crippen LogP contribution in [0.2, 0.25) is 0 Å². The minimum Gasteiger partial charge on any atom is -0.465 e. The number of carbonyl (C=O) groups is 1.